The lowest BCUT2D eigenvalue weighted by molar-refractivity contribution is -0.137. The highest BCUT2D eigenvalue weighted by atomic mass is 32.2. The molecular weight excluding hydrogens is 214 g/mol. The van der Waals surface area contributed by atoms with Crippen LogP contribution >= 0.6 is 11.8 Å². The molecule has 1 heterocycles. The van der Waals surface area contributed by atoms with Gasteiger partial charge in [0.2, 0.25) is 0 Å². The lowest BCUT2D eigenvalue weighted by Gasteiger charge is -2.00. The van der Waals surface area contributed by atoms with E-state index in [9.17, 15) is 9.59 Å². The third-order valence-corrected chi connectivity index (χ3v) is 2.38. The number of thioether (sulfide) groups is 1. The minimum Gasteiger partial charge on any atom is -0.460 e. The first-order valence-corrected chi connectivity index (χ1v) is 5.63. The molecule has 0 saturated heterocycles. The van der Waals surface area contributed by atoms with Crippen LogP contribution in [-0.2, 0) is 9.53 Å². The highest BCUT2D eigenvalue weighted by Crippen LogP contribution is 2.12. The average molecular weight is 225 g/mol. The predicted octanol–water partition coefficient (Wildman–Crippen LogP) is 1.55. The molecule has 0 spiro atoms. The predicted molar refractivity (Wildman–Crippen MR) is 57.0 cm³/mol. The van der Waals surface area contributed by atoms with Gasteiger partial charge < -0.3 is 4.74 Å². The molecule has 15 heavy (non-hydrogen) atoms. The molecule has 0 bridgehead atoms. The van der Waals surface area contributed by atoms with Crippen LogP contribution in [-0.4, -0.2) is 29.6 Å². The number of hydrogen-bond donors (Lipinski definition) is 0. The Morgan fingerprint density at radius 1 is 1.47 bits per heavy atom. The fourth-order valence-electron chi connectivity index (χ4n) is 0.937. The van der Waals surface area contributed by atoms with Gasteiger partial charge in [0.25, 0.3) is 5.78 Å². The molecule has 0 aliphatic rings. The van der Waals surface area contributed by atoms with Gasteiger partial charge in [0.05, 0.1) is 6.61 Å². The van der Waals surface area contributed by atoms with Crippen molar-refractivity contribution < 1.29 is 14.3 Å². The van der Waals surface area contributed by atoms with Gasteiger partial charge in [0.1, 0.15) is 5.69 Å². The van der Waals surface area contributed by atoms with Gasteiger partial charge >= 0.3 is 5.97 Å². The Hall–Kier alpha value is -1.36. The van der Waals surface area contributed by atoms with Crippen LogP contribution in [0.5, 0.6) is 0 Å². The number of carbonyl (C=O) groups excluding carboxylic acids is 2. The number of Topliss-reactive ketones (excluding diaryl/α,β-unsaturated/α-hetero) is 1. The molecule has 0 N–H and O–H groups in total. The maximum absolute atomic E-state index is 11.4. The normalized spacial score (nSPS) is 9.73. The number of hydrogen-bond acceptors (Lipinski definition) is 5. The summed E-state index contributed by atoms with van der Waals surface area (Å²) in [5, 5.41) is 0. The van der Waals surface area contributed by atoms with Crippen molar-refractivity contribution in [2.75, 3.05) is 12.9 Å². The van der Waals surface area contributed by atoms with Crippen molar-refractivity contribution in [2.24, 2.45) is 0 Å². The largest absolute Gasteiger partial charge is 0.460 e. The third kappa shape index (κ3) is 3.06. The number of pyridine rings is 1. The van der Waals surface area contributed by atoms with Crippen LogP contribution in [0.15, 0.2) is 23.2 Å². The van der Waals surface area contributed by atoms with Crippen molar-refractivity contribution >= 4 is 23.5 Å². The molecular formula is C10H11NO3S. The summed E-state index contributed by atoms with van der Waals surface area (Å²) >= 11 is 1.52. The average Bonchev–Trinajstić information content (AvgIpc) is 2.28. The van der Waals surface area contributed by atoms with Gasteiger partial charge in [-0.25, -0.2) is 4.79 Å². The van der Waals surface area contributed by atoms with Crippen LogP contribution in [0.3, 0.4) is 0 Å². The smallest absolute Gasteiger partial charge is 0.381 e. The van der Waals surface area contributed by atoms with E-state index in [4.69, 9.17) is 0 Å². The Bertz CT molecular complexity index is 361. The fourth-order valence-corrected chi connectivity index (χ4v) is 1.30. The van der Waals surface area contributed by atoms with Gasteiger partial charge in [0, 0.05) is 11.1 Å². The summed E-state index contributed by atoms with van der Waals surface area (Å²) in [4.78, 5) is 27.3. The van der Waals surface area contributed by atoms with E-state index < -0.39 is 11.8 Å². The molecule has 0 atom stereocenters. The fraction of sp³-hybridized carbons (Fsp3) is 0.300. The zero-order valence-electron chi connectivity index (χ0n) is 8.52. The number of nitrogens with zero attached hydrogens (tertiary/aromatic N) is 1. The summed E-state index contributed by atoms with van der Waals surface area (Å²) in [5.41, 5.74) is 0.117. The van der Waals surface area contributed by atoms with Crippen molar-refractivity contribution in [1.29, 1.82) is 0 Å². The second-order valence-corrected chi connectivity index (χ2v) is 3.51. The van der Waals surface area contributed by atoms with Crippen LogP contribution in [0.4, 0.5) is 0 Å². The molecule has 0 aromatic carbocycles. The molecule has 1 aromatic rings. The van der Waals surface area contributed by atoms with Crippen LogP contribution in [0.1, 0.15) is 17.4 Å². The molecule has 5 heteroatoms. The van der Waals surface area contributed by atoms with E-state index in [1.165, 1.54) is 17.8 Å². The third-order valence-electron chi connectivity index (χ3n) is 1.67. The molecule has 1 aromatic heterocycles. The zero-order chi connectivity index (χ0) is 11.3. The van der Waals surface area contributed by atoms with Crippen LogP contribution in [0.2, 0.25) is 0 Å². The van der Waals surface area contributed by atoms with E-state index in [1.54, 1.807) is 19.2 Å². The number of esters is 1. The monoisotopic (exact) mass is 225 g/mol. The van der Waals surface area contributed by atoms with Gasteiger partial charge in [0.15, 0.2) is 0 Å². The summed E-state index contributed by atoms with van der Waals surface area (Å²) in [6.45, 7) is 1.84. The number of ether oxygens (including phenoxy) is 1. The van der Waals surface area contributed by atoms with Gasteiger partial charge in [-0.3, -0.25) is 9.78 Å². The number of rotatable bonds is 4. The molecule has 0 saturated carbocycles. The maximum Gasteiger partial charge on any atom is 0.381 e. The Kier molecular flexibility index (Phi) is 4.30. The van der Waals surface area contributed by atoms with Crippen molar-refractivity contribution in [2.45, 2.75) is 11.8 Å². The number of aromatic nitrogens is 1. The molecule has 1 rings (SSSR count). The van der Waals surface area contributed by atoms with E-state index in [1.807, 2.05) is 6.26 Å². The van der Waals surface area contributed by atoms with Crippen LogP contribution in [0, 0.1) is 0 Å². The molecule has 0 aliphatic heterocycles. The van der Waals surface area contributed by atoms with E-state index in [2.05, 4.69) is 9.72 Å². The minimum atomic E-state index is -0.859. The highest BCUT2D eigenvalue weighted by Gasteiger charge is 2.18. The Morgan fingerprint density at radius 2 is 2.20 bits per heavy atom. The lowest BCUT2D eigenvalue weighted by Crippen LogP contribution is -2.18. The van der Waals surface area contributed by atoms with Crippen molar-refractivity contribution in [3.05, 3.63) is 24.0 Å². The van der Waals surface area contributed by atoms with Crippen LogP contribution in [0.25, 0.3) is 0 Å². The summed E-state index contributed by atoms with van der Waals surface area (Å²) < 4.78 is 4.58. The summed E-state index contributed by atoms with van der Waals surface area (Å²) in [6, 6.07) is 3.26. The zero-order valence-corrected chi connectivity index (χ0v) is 9.34. The topological polar surface area (TPSA) is 56.3 Å². The SMILES string of the molecule is CCOC(=O)C(=O)c1ccc(SC)cn1. The number of carbonyl (C=O) groups is 2. The quantitative estimate of drug-likeness (QED) is 0.337. The Labute approximate surface area is 92.0 Å². The molecule has 0 radical (unpaired) electrons. The first kappa shape index (κ1) is 11.7. The number of ketones is 1. The van der Waals surface area contributed by atoms with E-state index in [-0.39, 0.29) is 12.3 Å². The van der Waals surface area contributed by atoms with E-state index in [0.29, 0.717) is 0 Å². The first-order chi connectivity index (χ1) is 7.19. The summed E-state index contributed by atoms with van der Waals surface area (Å²) in [6.07, 6.45) is 3.46. The van der Waals surface area contributed by atoms with Crippen molar-refractivity contribution in [3.63, 3.8) is 0 Å². The summed E-state index contributed by atoms with van der Waals surface area (Å²) in [5.74, 6) is -1.56. The van der Waals surface area contributed by atoms with Gasteiger partial charge in [-0.1, -0.05) is 0 Å². The molecule has 0 fully saturated rings. The molecule has 80 valence electrons. The molecule has 0 aliphatic carbocycles. The molecule has 0 amide bonds. The Morgan fingerprint density at radius 3 is 2.67 bits per heavy atom. The van der Waals surface area contributed by atoms with Gasteiger partial charge in [-0.15, -0.1) is 11.8 Å². The van der Waals surface area contributed by atoms with Gasteiger partial charge in [-0.05, 0) is 25.3 Å². The Balaban J connectivity index is 2.78. The lowest BCUT2D eigenvalue weighted by atomic mass is 10.2. The standard InChI is InChI=1S/C10H11NO3S/c1-3-14-10(13)9(12)8-5-4-7(15-2)6-11-8/h4-6H,3H2,1-2H3. The second kappa shape index (κ2) is 5.50. The van der Waals surface area contributed by atoms with E-state index >= 15 is 0 Å². The van der Waals surface area contributed by atoms with Crippen molar-refractivity contribution in [3.8, 4) is 0 Å². The molecule has 0 unspecified atom stereocenters. The summed E-state index contributed by atoms with van der Waals surface area (Å²) in [7, 11) is 0. The molecule has 4 nitrogen and oxygen atoms in total. The van der Waals surface area contributed by atoms with Crippen molar-refractivity contribution in [1.82, 2.24) is 4.98 Å². The van der Waals surface area contributed by atoms with E-state index in [0.717, 1.165) is 4.90 Å². The van der Waals surface area contributed by atoms with Gasteiger partial charge in [-0.2, -0.15) is 0 Å². The first-order valence-electron chi connectivity index (χ1n) is 4.40. The highest BCUT2D eigenvalue weighted by molar-refractivity contribution is 7.98. The minimum absolute atomic E-state index is 0.117. The second-order valence-electron chi connectivity index (χ2n) is 2.63. The van der Waals surface area contributed by atoms with Crippen LogP contribution < -0.4 is 0 Å². The maximum atomic E-state index is 11.4.